The molecule has 3 aromatic rings. The van der Waals surface area contributed by atoms with Crippen LogP contribution in [0.2, 0.25) is 5.02 Å². The lowest BCUT2D eigenvalue weighted by Gasteiger charge is -2.20. The minimum absolute atomic E-state index is 0.269. The number of nitrogens with one attached hydrogen (secondary N) is 1. The third kappa shape index (κ3) is 2.89. The second kappa shape index (κ2) is 6.39. The lowest BCUT2D eigenvalue weighted by atomic mass is 10.0. The van der Waals surface area contributed by atoms with E-state index in [1.807, 2.05) is 31.2 Å². The highest BCUT2D eigenvalue weighted by Crippen LogP contribution is 2.37. The van der Waals surface area contributed by atoms with Gasteiger partial charge in [0, 0.05) is 22.5 Å². The summed E-state index contributed by atoms with van der Waals surface area (Å²) in [6.45, 7) is 2.47. The molecule has 0 unspecified atom stereocenters. The maximum atomic E-state index is 11.0. The van der Waals surface area contributed by atoms with Crippen LogP contribution in [0.25, 0.3) is 22.9 Å². The van der Waals surface area contributed by atoms with Crippen molar-refractivity contribution in [1.29, 1.82) is 0 Å². The number of H-pyrrole nitrogens is 1. The highest BCUT2D eigenvalue weighted by Gasteiger charge is 2.18. The molecule has 1 aromatic heterocycles. The first-order chi connectivity index (χ1) is 12.5. The van der Waals surface area contributed by atoms with Gasteiger partial charge in [0.15, 0.2) is 0 Å². The zero-order chi connectivity index (χ0) is 18.3. The normalized spacial score (nSPS) is 12.9. The van der Waals surface area contributed by atoms with Gasteiger partial charge in [-0.3, -0.25) is 0 Å². The smallest absolute Gasteiger partial charge is 0.335 e. The van der Waals surface area contributed by atoms with E-state index in [2.05, 4.69) is 11.1 Å². The Kier molecular flexibility index (Phi) is 4.05. The number of aromatic carboxylic acids is 1. The largest absolute Gasteiger partial charge is 0.488 e. The Hall–Kier alpha value is -2.98. The number of aryl methyl sites for hydroxylation is 1. The average Bonchev–Trinajstić information content (AvgIpc) is 3.15. The van der Waals surface area contributed by atoms with Gasteiger partial charge < -0.3 is 14.8 Å². The van der Waals surface area contributed by atoms with Crippen molar-refractivity contribution in [3.05, 3.63) is 75.9 Å². The SMILES string of the molecule is Cc1ccc(Cl)c2c1OCC(c1ccc(-c3ccc(C(=O)O)cc3)[nH]1)=C2. The van der Waals surface area contributed by atoms with Gasteiger partial charge in [-0.2, -0.15) is 0 Å². The Labute approximate surface area is 155 Å². The number of carbonyl (C=O) groups is 1. The molecule has 4 nitrogen and oxygen atoms in total. The van der Waals surface area contributed by atoms with Crippen molar-refractivity contribution in [3.8, 4) is 17.0 Å². The van der Waals surface area contributed by atoms with Crippen molar-refractivity contribution < 1.29 is 14.6 Å². The lowest BCUT2D eigenvalue weighted by molar-refractivity contribution is 0.0697. The molecule has 1 aliphatic heterocycles. The molecule has 0 fully saturated rings. The zero-order valence-corrected chi connectivity index (χ0v) is 14.8. The third-order valence-electron chi connectivity index (χ3n) is 4.51. The van der Waals surface area contributed by atoms with E-state index >= 15 is 0 Å². The number of aromatic nitrogens is 1. The first-order valence-corrected chi connectivity index (χ1v) is 8.56. The highest BCUT2D eigenvalue weighted by atomic mass is 35.5. The molecule has 2 N–H and O–H groups in total. The molecule has 0 bridgehead atoms. The predicted molar refractivity (Wildman–Crippen MR) is 103 cm³/mol. The van der Waals surface area contributed by atoms with E-state index in [0.717, 1.165) is 39.4 Å². The molecular weight excluding hydrogens is 350 g/mol. The van der Waals surface area contributed by atoms with E-state index in [1.54, 1.807) is 24.3 Å². The molecular formula is C21H16ClNO3. The Balaban J connectivity index is 1.67. The Bertz CT molecular complexity index is 1030. The summed E-state index contributed by atoms with van der Waals surface area (Å²) in [5.74, 6) is -0.101. The van der Waals surface area contributed by atoms with Crippen LogP contribution in [0.5, 0.6) is 5.75 Å². The quantitative estimate of drug-likeness (QED) is 0.664. The van der Waals surface area contributed by atoms with Gasteiger partial charge in [-0.25, -0.2) is 4.79 Å². The van der Waals surface area contributed by atoms with Gasteiger partial charge >= 0.3 is 5.97 Å². The molecule has 0 radical (unpaired) electrons. The van der Waals surface area contributed by atoms with Crippen molar-refractivity contribution in [2.24, 2.45) is 0 Å². The van der Waals surface area contributed by atoms with E-state index in [-0.39, 0.29) is 5.56 Å². The number of ether oxygens (including phenoxy) is 1. The topological polar surface area (TPSA) is 62.3 Å². The van der Waals surface area contributed by atoms with Crippen LogP contribution in [0.4, 0.5) is 0 Å². The van der Waals surface area contributed by atoms with E-state index in [0.29, 0.717) is 11.6 Å². The fourth-order valence-electron chi connectivity index (χ4n) is 3.08. The van der Waals surface area contributed by atoms with Gasteiger partial charge in [-0.1, -0.05) is 29.8 Å². The van der Waals surface area contributed by atoms with Crippen LogP contribution in [0.3, 0.4) is 0 Å². The number of carboxylic acids is 1. The standard InChI is InChI=1S/C21H16ClNO3/c1-12-2-7-17(22)16-10-15(11-26-20(12)16)19-9-8-18(23-19)13-3-5-14(6-4-13)21(24)25/h2-10,23H,11H2,1H3,(H,24,25). The van der Waals surface area contributed by atoms with Crippen LogP contribution in [0, 0.1) is 6.92 Å². The second-order valence-electron chi connectivity index (χ2n) is 6.23. The molecule has 0 aliphatic carbocycles. The first kappa shape index (κ1) is 16.5. The molecule has 0 saturated carbocycles. The average molecular weight is 366 g/mol. The Morgan fingerprint density at radius 2 is 1.81 bits per heavy atom. The summed E-state index contributed by atoms with van der Waals surface area (Å²) < 4.78 is 5.92. The number of hydrogen-bond donors (Lipinski definition) is 2. The van der Waals surface area contributed by atoms with E-state index in [4.69, 9.17) is 21.4 Å². The summed E-state index contributed by atoms with van der Waals surface area (Å²) in [5, 5.41) is 9.67. The lowest BCUT2D eigenvalue weighted by Crippen LogP contribution is -2.08. The summed E-state index contributed by atoms with van der Waals surface area (Å²) in [6, 6.07) is 14.6. The van der Waals surface area contributed by atoms with Crippen LogP contribution >= 0.6 is 11.6 Å². The van der Waals surface area contributed by atoms with Crippen LogP contribution < -0.4 is 4.74 Å². The number of halogens is 1. The van der Waals surface area contributed by atoms with E-state index in [1.165, 1.54) is 0 Å². The van der Waals surface area contributed by atoms with E-state index in [9.17, 15) is 4.79 Å². The second-order valence-corrected chi connectivity index (χ2v) is 6.64. The molecule has 26 heavy (non-hydrogen) atoms. The van der Waals surface area contributed by atoms with Gasteiger partial charge in [0.2, 0.25) is 0 Å². The molecule has 0 atom stereocenters. The Morgan fingerprint density at radius 3 is 2.54 bits per heavy atom. The van der Waals surface area contributed by atoms with Crippen molar-refractivity contribution in [3.63, 3.8) is 0 Å². The van der Waals surface area contributed by atoms with Crippen molar-refractivity contribution >= 4 is 29.2 Å². The summed E-state index contributed by atoms with van der Waals surface area (Å²) in [6.07, 6.45) is 2.05. The van der Waals surface area contributed by atoms with Gasteiger partial charge in [0.05, 0.1) is 10.6 Å². The van der Waals surface area contributed by atoms with Crippen LogP contribution in [0.1, 0.15) is 27.2 Å². The molecule has 1 aliphatic rings. The maximum Gasteiger partial charge on any atom is 0.335 e. The van der Waals surface area contributed by atoms with Gasteiger partial charge in [-0.15, -0.1) is 0 Å². The molecule has 2 aromatic carbocycles. The summed E-state index contributed by atoms with van der Waals surface area (Å²) in [7, 11) is 0. The molecule has 0 amide bonds. The number of aromatic amines is 1. The first-order valence-electron chi connectivity index (χ1n) is 8.18. The van der Waals surface area contributed by atoms with Gasteiger partial charge in [-0.05, 0) is 54.5 Å². The fourth-order valence-corrected chi connectivity index (χ4v) is 3.28. The fraction of sp³-hybridized carbons (Fsp3) is 0.0952. The maximum absolute atomic E-state index is 11.0. The van der Waals surface area contributed by atoms with Crippen molar-refractivity contribution in [1.82, 2.24) is 4.98 Å². The minimum atomic E-state index is -0.931. The monoisotopic (exact) mass is 365 g/mol. The number of fused-ring (bicyclic) bond motifs is 1. The third-order valence-corrected chi connectivity index (χ3v) is 4.83. The number of hydrogen-bond acceptors (Lipinski definition) is 2. The van der Waals surface area contributed by atoms with Gasteiger partial charge in [0.1, 0.15) is 12.4 Å². The molecule has 2 heterocycles. The zero-order valence-electron chi connectivity index (χ0n) is 14.0. The number of carboxylic acid groups (broad SMARTS) is 1. The molecule has 5 heteroatoms. The minimum Gasteiger partial charge on any atom is -0.488 e. The van der Waals surface area contributed by atoms with Crippen molar-refractivity contribution in [2.75, 3.05) is 6.61 Å². The molecule has 130 valence electrons. The Morgan fingerprint density at radius 1 is 1.08 bits per heavy atom. The van der Waals surface area contributed by atoms with E-state index < -0.39 is 5.97 Å². The highest BCUT2D eigenvalue weighted by molar-refractivity contribution is 6.32. The molecule has 0 saturated heterocycles. The summed E-state index contributed by atoms with van der Waals surface area (Å²) in [4.78, 5) is 14.3. The van der Waals surface area contributed by atoms with Gasteiger partial charge in [0.25, 0.3) is 0 Å². The van der Waals surface area contributed by atoms with Crippen LogP contribution in [-0.4, -0.2) is 22.7 Å². The van der Waals surface area contributed by atoms with Crippen molar-refractivity contribution in [2.45, 2.75) is 6.92 Å². The molecule has 4 rings (SSSR count). The summed E-state index contributed by atoms with van der Waals surface area (Å²) in [5.41, 5.74) is 6.03. The van der Waals surface area contributed by atoms with Crippen LogP contribution in [-0.2, 0) is 0 Å². The number of benzene rings is 2. The summed E-state index contributed by atoms with van der Waals surface area (Å²) >= 11 is 6.33. The number of rotatable bonds is 3. The molecule has 0 spiro atoms. The van der Waals surface area contributed by atoms with Crippen LogP contribution in [0.15, 0.2) is 48.5 Å². The predicted octanol–water partition coefficient (Wildman–Crippen LogP) is 5.27.